The molecule has 164 valence electrons. The molecule has 6 nitrogen and oxygen atoms in total. The van der Waals surface area contributed by atoms with E-state index in [1.54, 1.807) is 18.2 Å². The molecule has 0 aliphatic carbocycles. The summed E-state index contributed by atoms with van der Waals surface area (Å²) in [5.41, 5.74) is 2.49. The molecule has 4 rings (SSSR count). The van der Waals surface area contributed by atoms with Crippen molar-refractivity contribution >= 4 is 11.8 Å². The number of benzene rings is 2. The van der Waals surface area contributed by atoms with Gasteiger partial charge in [-0.15, -0.1) is 0 Å². The van der Waals surface area contributed by atoms with Crippen molar-refractivity contribution in [3.05, 3.63) is 71.0 Å². The third-order valence-electron chi connectivity index (χ3n) is 5.93. The minimum Gasteiger partial charge on any atom is -0.379 e. The lowest BCUT2D eigenvalue weighted by molar-refractivity contribution is -0.128. The quantitative estimate of drug-likeness (QED) is 0.741. The summed E-state index contributed by atoms with van der Waals surface area (Å²) in [6.45, 7) is 4.53. The smallest absolute Gasteiger partial charge is 0.251 e. The monoisotopic (exact) mass is 425 g/mol. The fourth-order valence-corrected chi connectivity index (χ4v) is 4.23. The molecule has 2 aliphatic heterocycles. The fraction of sp³-hybridized carbons (Fsp3) is 0.417. The average molecular weight is 426 g/mol. The van der Waals surface area contributed by atoms with Gasteiger partial charge in [0.25, 0.3) is 5.91 Å². The van der Waals surface area contributed by atoms with Crippen molar-refractivity contribution in [3.63, 3.8) is 0 Å². The van der Waals surface area contributed by atoms with Gasteiger partial charge in [0.2, 0.25) is 5.91 Å². The van der Waals surface area contributed by atoms with Gasteiger partial charge < -0.3 is 15.0 Å². The third kappa shape index (κ3) is 5.48. The number of halogens is 1. The highest BCUT2D eigenvalue weighted by molar-refractivity contribution is 5.94. The van der Waals surface area contributed by atoms with Crippen LogP contribution in [-0.4, -0.2) is 61.0 Å². The van der Waals surface area contributed by atoms with E-state index in [1.807, 2.05) is 23.1 Å². The van der Waals surface area contributed by atoms with Crippen LogP contribution in [-0.2, 0) is 16.1 Å². The van der Waals surface area contributed by atoms with E-state index in [0.717, 1.165) is 37.2 Å². The summed E-state index contributed by atoms with van der Waals surface area (Å²) < 4.78 is 18.9. The molecule has 2 heterocycles. The van der Waals surface area contributed by atoms with Crippen LogP contribution in [0.4, 0.5) is 4.39 Å². The minimum absolute atomic E-state index is 0.0566. The Kier molecular flexibility index (Phi) is 6.94. The molecule has 0 spiro atoms. The molecular weight excluding hydrogens is 397 g/mol. The molecule has 2 aromatic rings. The molecule has 31 heavy (non-hydrogen) atoms. The van der Waals surface area contributed by atoms with Gasteiger partial charge in [0.1, 0.15) is 5.82 Å². The predicted molar refractivity (Wildman–Crippen MR) is 115 cm³/mol. The van der Waals surface area contributed by atoms with Crippen LogP contribution in [0.25, 0.3) is 0 Å². The Labute approximate surface area is 182 Å². The Hall–Kier alpha value is -2.77. The topological polar surface area (TPSA) is 61.9 Å². The SMILES string of the molecule is O=C(NCC(c1ccc(F)cc1)N1CCOCC1)c1cccc(CN2CCCC2=O)c1. The zero-order valence-electron chi connectivity index (χ0n) is 17.6. The lowest BCUT2D eigenvalue weighted by Gasteiger charge is -2.35. The van der Waals surface area contributed by atoms with Crippen molar-refractivity contribution in [1.82, 2.24) is 15.1 Å². The number of rotatable bonds is 7. The van der Waals surface area contributed by atoms with Crippen LogP contribution in [0.2, 0.25) is 0 Å². The third-order valence-corrected chi connectivity index (χ3v) is 5.93. The molecule has 1 atom stereocenters. The lowest BCUT2D eigenvalue weighted by atomic mass is 10.0. The molecule has 1 unspecified atom stereocenters. The van der Waals surface area contributed by atoms with Gasteiger partial charge in [0, 0.05) is 44.7 Å². The standard InChI is InChI=1S/C24H28FN3O3/c25-21-8-6-19(7-9-21)22(27-11-13-31-14-12-27)16-26-24(30)20-4-1-3-18(15-20)17-28-10-2-5-23(28)29/h1,3-4,6-9,15,22H,2,5,10-14,16-17H2,(H,26,30). The number of likely N-dealkylation sites (tertiary alicyclic amines) is 1. The number of morpholine rings is 1. The Bertz CT molecular complexity index is 913. The first kappa shape index (κ1) is 21.5. The van der Waals surface area contributed by atoms with E-state index in [-0.39, 0.29) is 23.7 Å². The molecule has 2 saturated heterocycles. The molecule has 0 bridgehead atoms. The van der Waals surface area contributed by atoms with Gasteiger partial charge in [0.05, 0.1) is 19.3 Å². The molecule has 2 aliphatic rings. The summed E-state index contributed by atoms with van der Waals surface area (Å²) in [7, 11) is 0. The molecule has 0 saturated carbocycles. The van der Waals surface area contributed by atoms with Crippen LogP contribution in [0.3, 0.4) is 0 Å². The summed E-state index contributed by atoms with van der Waals surface area (Å²) in [5.74, 6) is -0.265. The zero-order valence-corrected chi connectivity index (χ0v) is 17.6. The van der Waals surface area contributed by atoms with E-state index in [2.05, 4.69) is 10.2 Å². The van der Waals surface area contributed by atoms with E-state index in [1.165, 1.54) is 12.1 Å². The Morgan fingerprint density at radius 3 is 2.58 bits per heavy atom. The molecule has 2 aromatic carbocycles. The highest BCUT2D eigenvalue weighted by atomic mass is 19.1. The second-order valence-corrected chi connectivity index (χ2v) is 8.04. The Morgan fingerprint density at radius 2 is 1.87 bits per heavy atom. The average Bonchev–Trinajstić information content (AvgIpc) is 3.20. The van der Waals surface area contributed by atoms with Crippen LogP contribution >= 0.6 is 0 Å². The van der Waals surface area contributed by atoms with Crippen molar-refractivity contribution in [2.75, 3.05) is 39.4 Å². The summed E-state index contributed by atoms with van der Waals surface area (Å²) in [6, 6.07) is 13.8. The largest absolute Gasteiger partial charge is 0.379 e. The van der Waals surface area contributed by atoms with Crippen molar-refractivity contribution in [2.24, 2.45) is 0 Å². The van der Waals surface area contributed by atoms with Crippen molar-refractivity contribution in [3.8, 4) is 0 Å². The van der Waals surface area contributed by atoms with Crippen LogP contribution in [0, 0.1) is 5.82 Å². The summed E-state index contributed by atoms with van der Waals surface area (Å²) in [4.78, 5) is 28.9. The first-order valence-corrected chi connectivity index (χ1v) is 10.8. The summed E-state index contributed by atoms with van der Waals surface area (Å²) >= 11 is 0. The maximum atomic E-state index is 13.4. The first-order chi connectivity index (χ1) is 15.1. The van der Waals surface area contributed by atoms with Crippen LogP contribution in [0.1, 0.15) is 40.4 Å². The highest BCUT2D eigenvalue weighted by Gasteiger charge is 2.24. The number of nitrogens with one attached hydrogen (secondary N) is 1. The fourth-order valence-electron chi connectivity index (χ4n) is 4.23. The van der Waals surface area contributed by atoms with Gasteiger partial charge in [-0.2, -0.15) is 0 Å². The second kappa shape index (κ2) is 10.0. The van der Waals surface area contributed by atoms with Gasteiger partial charge >= 0.3 is 0 Å². The van der Waals surface area contributed by atoms with Gasteiger partial charge in [0.15, 0.2) is 0 Å². The van der Waals surface area contributed by atoms with E-state index >= 15 is 0 Å². The number of hydrogen-bond acceptors (Lipinski definition) is 4. The van der Waals surface area contributed by atoms with E-state index < -0.39 is 0 Å². The maximum absolute atomic E-state index is 13.4. The Balaban J connectivity index is 1.43. The van der Waals surface area contributed by atoms with E-state index in [0.29, 0.717) is 38.3 Å². The molecular formula is C24H28FN3O3. The lowest BCUT2D eigenvalue weighted by Crippen LogP contribution is -2.43. The first-order valence-electron chi connectivity index (χ1n) is 10.8. The summed E-state index contributed by atoms with van der Waals surface area (Å²) in [5, 5.41) is 3.04. The number of ether oxygens (including phenoxy) is 1. The van der Waals surface area contributed by atoms with Crippen LogP contribution in [0.5, 0.6) is 0 Å². The number of carbonyl (C=O) groups excluding carboxylic acids is 2. The molecule has 2 amide bonds. The molecule has 0 radical (unpaired) electrons. The van der Waals surface area contributed by atoms with Crippen LogP contribution < -0.4 is 5.32 Å². The second-order valence-electron chi connectivity index (χ2n) is 8.04. The van der Waals surface area contributed by atoms with Gasteiger partial charge in [-0.25, -0.2) is 4.39 Å². The molecule has 2 fully saturated rings. The normalized spacial score (nSPS) is 18.2. The van der Waals surface area contributed by atoms with Crippen molar-refractivity contribution in [2.45, 2.75) is 25.4 Å². The number of hydrogen-bond donors (Lipinski definition) is 1. The minimum atomic E-state index is -0.276. The maximum Gasteiger partial charge on any atom is 0.251 e. The number of carbonyl (C=O) groups is 2. The predicted octanol–water partition coefficient (Wildman–Crippen LogP) is 2.75. The van der Waals surface area contributed by atoms with E-state index in [9.17, 15) is 14.0 Å². The molecule has 1 N–H and O–H groups in total. The Morgan fingerprint density at radius 1 is 1.10 bits per heavy atom. The van der Waals surface area contributed by atoms with Crippen molar-refractivity contribution < 1.29 is 18.7 Å². The summed E-state index contributed by atoms with van der Waals surface area (Å²) in [6.07, 6.45) is 1.50. The highest BCUT2D eigenvalue weighted by Crippen LogP contribution is 2.22. The number of nitrogens with zero attached hydrogens (tertiary/aromatic N) is 2. The van der Waals surface area contributed by atoms with Gasteiger partial charge in [-0.1, -0.05) is 24.3 Å². The van der Waals surface area contributed by atoms with Gasteiger partial charge in [-0.3, -0.25) is 14.5 Å². The van der Waals surface area contributed by atoms with Crippen LogP contribution in [0.15, 0.2) is 48.5 Å². The molecule has 0 aromatic heterocycles. The molecule has 7 heteroatoms. The van der Waals surface area contributed by atoms with E-state index in [4.69, 9.17) is 4.74 Å². The van der Waals surface area contributed by atoms with Gasteiger partial charge in [-0.05, 0) is 41.8 Å². The number of amides is 2. The zero-order chi connectivity index (χ0) is 21.6. The van der Waals surface area contributed by atoms with Crippen molar-refractivity contribution in [1.29, 1.82) is 0 Å².